The van der Waals surface area contributed by atoms with Crippen LogP contribution in [0.15, 0.2) is 16.5 Å². The zero-order valence-electron chi connectivity index (χ0n) is 17.3. The van der Waals surface area contributed by atoms with Crippen LogP contribution in [0.2, 0.25) is 0 Å². The van der Waals surface area contributed by atoms with E-state index in [4.69, 9.17) is 13.9 Å². The molecule has 0 spiro atoms. The molecule has 2 aliphatic rings. The minimum Gasteiger partial charge on any atom is -0.465 e. The number of furan rings is 1. The molecule has 0 aromatic carbocycles. The van der Waals surface area contributed by atoms with Crippen LogP contribution in [0, 0.1) is 6.92 Å². The van der Waals surface area contributed by atoms with E-state index in [0.717, 1.165) is 37.5 Å². The zero-order valence-corrected chi connectivity index (χ0v) is 17.3. The third-order valence-corrected chi connectivity index (χ3v) is 5.39. The van der Waals surface area contributed by atoms with Gasteiger partial charge in [-0.2, -0.15) is 0 Å². The second-order valence-corrected chi connectivity index (χ2v) is 7.43. The lowest BCUT2D eigenvalue weighted by molar-refractivity contribution is 0.0121. The molecule has 1 aromatic heterocycles. The van der Waals surface area contributed by atoms with Crippen molar-refractivity contribution in [1.29, 1.82) is 0 Å². The van der Waals surface area contributed by atoms with Gasteiger partial charge in [-0.25, -0.2) is 9.59 Å². The van der Waals surface area contributed by atoms with Gasteiger partial charge in [-0.15, -0.1) is 0 Å². The summed E-state index contributed by atoms with van der Waals surface area (Å²) >= 11 is 0. The molecule has 0 radical (unpaired) electrons. The maximum atomic E-state index is 12.5. The van der Waals surface area contributed by atoms with Crippen LogP contribution >= 0.6 is 0 Å². The van der Waals surface area contributed by atoms with Crippen LogP contribution in [0.4, 0.5) is 9.59 Å². The molecular weight excluding hydrogens is 376 g/mol. The molecule has 9 nitrogen and oxygen atoms in total. The number of carbonyl (C=O) groups excluding carboxylic acids is 2. The number of piperidine rings is 1. The number of urea groups is 1. The van der Waals surface area contributed by atoms with E-state index in [1.807, 2.05) is 19.1 Å². The third-order valence-electron chi connectivity index (χ3n) is 5.39. The first-order chi connectivity index (χ1) is 14.1. The smallest absolute Gasteiger partial charge is 0.409 e. The van der Waals surface area contributed by atoms with E-state index in [2.05, 4.69) is 15.5 Å². The molecule has 162 valence electrons. The van der Waals surface area contributed by atoms with Gasteiger partial charge in [0.1, 0.15) is 11.5 Å². The van der Waals surface area contributed by atoms with Gasteiger partial charge in [0.05, 0.1) is 25.9 Å². The topological polar surface area (TPSA) is 96.3 Å². The fraction of sp³-hybridized carbons (Fsp3) is 0.700. The maximum absolute atomic E-state index is 12.5. The highest BCUT2D eigenvalue weighted by atomic mass is 16.6. The van der Waals surface area contributed by atoms with Gasteiger partial charge in [0.25, 0.3) is 0 Å². The predicted molar refractivity (Wildman–Crippen MR) is 107 cm³/mol. The van der Waals surface area contributed by atoms with E-state index in [1.54, 1.807) is 11.8 Å². The summed E-state index contributed by atoms with van der Waals surface area (Å²) in [5.41, 5.74) is 0. The lowest BCUT2D eigenvalue weighted by atomic mass is 10.1. The number of nitrogens with one attached hydrogen (secondary N) is 2. The molecule has 3 rings (SSSR count). The van der Waals surface area contributed by atoms with Crippen LogP contribution in [0.3, 0.4) is 0 Å². The fourth-order valence-corrected chi connectivity index (χ4v) is 3.78. The molecule has 3 heterocycles. The van der Waals surface area contributed by atoms with Crippen LogP contribution in [0.1, 0.15) is 37.3 Å². The zero-order chi connectivity index (χ0) is 20.6. The van der Waals surface area contributed by atoms with E-state index in [-0.39, 0.29) is 24.2 Å². The Kier molecular flexibility index (Phi) is 7.76. The highest BCUT2D eigenvalue weighted by molar-refractivity contribution is 5.74. The van der Waals surface area contributed by atoms with E-state index < -0.39 is 0 Å². The predicted octanol–water partition coefficient (Wildman–Crippen LogP) is 1.88. The lowest BCUT2D eigenvalue weighted by Gasteiger charge is -2.34. The normalized spacial score (nSPS) is 19.6. The summed E-state index contributed by atoms with van der Waals surface area (Å²) in [5, 5.41) is 6.01. The summed E-state index contributed by atoms with van der Waals surface area (Å²) in [6.07, 6.45) is 1.16. The van der Waals surface area contributed by atoms with Gasteiger partial charge in [-0.1, -0.05) is 0 Å². The monoisotopic (exact) mass is 408 g/mol. The Hall–Kier alpha value is -2.26. The average Bonchev–Trinajstić information content (AvgIpc) is 3.15. The molecule has 2 saturated heterocycles. The number of carbonyl (C=O) groups is 2. The summed E-state index contributed by atoms with van der Waals surface area (Å²) in [5.74, 6) is 1.71. The lowest BCUT2D eigenvalue weighted by Crippen LogP contribution is -2.50. The summed E-state index contributed by atoms with van der Waals surface area (Å²) in [4.78, 5) is 28.2. The van der Waals surface area contributed by atoms with Gasteiger partial charge in [0, 0.05) is 38.8 Å². The van der Waals surface area contributed by atoms with Crippen molar-refractivity contribution in [3.63, 3.8) is 0 Å². The molecule has 1 atom stereocenters. The highest BCUT2D eigenvalue weighted by Gasteiger charge is 2.27. The van der Waals surface area contributed by atoms with Gasteiger partial charge in [-0.05, 0) is 38.8 Å². The van der Waals surface area contributed by atoms with E-state index in [1.165, 1.54) is 0 Å². The largest absolute Gasteiger partial charge is 0.465 e. The number of aryl methyl sites for hydroxylation is 1. The molecule has 9 heteroatoms. The van der Waals surface area contributed by atoms with Crippen LogP contribution in [0.5, 0.6) is 0 Å². The molecule has 0 saturated carbocycles. The van der Waals surface area contributed by atoms with Crippen LogP contribution < -0.4 is 10.6 Å². The maximum Gasteiger partial charge on any atom is 0.409 e. The van der Waals surface area contributed by atoms with Crippen molar-refractivity contribution < 1.29 is 23.5 Å². The van der Waals surface area contributed by atoms with Gasteiger partial charge in [0.15, 0.2) is 0 Å². The molecule has 1 unspecified atom stereocenters. The first kappa shape index (κ1) is 21.4. The Morgan fingerprint density at radius 1 is 1.21 bits per heavy atom. The molecular formula is C20H32N4O5. The minimum absolute atomic E-state index is 0.0241. The summed E-state index contributed by atoms with van der Waals surface area (Å²) in [7, 11) is 0. The first-order valence-electron chi connectivity index (χ1n) is 10.4. The van der Waals surface area contributed by atoms with E-state index >= 15 is 0 Å². The number of hydrogen-bond donors (Lipinski definition) is 2. The summed E-state index contributed by atoms with van der Waals surface area (Å²) < 4.78 is 16.3. The Morgan fingerprint density at radius 2 is 1.93 bits per heavy atom. The van der Waals surface area contributed by atoms with Crippen LogP contribution in [-0.2, 0) is 9.47 Å². The van der Waals surface area contributed by atoms with Gasteiger partial charge >= 0.3 is 12.1 Å². The van der Waals surface area contributed by atoms with Crippen molar-refractivity contribution in [3.8, 4) is 0 Å². The SMILES string of the molecule is CCOC(=O)N1CCC(NC(=O)NCC(c2ccc(C)o2)N2CCOCC2)CC1. The number of morpholine rings is 1. The second-order valence-electron chi connectivity index (χ2n) is 7.43. The highest BCUT2D eigenvalue weighted by Crippen LogP contribution is 2.23. The van der Waals surface area contributed by atoms with Gasteiger partial charge < -0.3 is 29.4 Å². The van der Waals surface area contributed by atoms with Crippen molar-refractivity contribution in [1.82, 2.24) is 20.4 Å². The molecule has 0 aliphatic carbocycles. The molecule has 29 heavy (non-hydrogen) atoms. The van der Waals surface area contributed by atoms with E-state index in [9.17, 15) is 9.59 Å². The second kappa shape index (κ2) is 10.5. The average molecular weight is 408 g/mol. The Labute approximate surface area is 171 Å². The summed E-state index contributed by atoms with van der Waals surface area (Å²) in [6.45, 7) is 8.70. The number of likely N-dealkylation sites (tertiary alicyclic amines) is 1. The molecule has 2 fully saturated rings. The summed E-state index contributed by atoms with van der Waals surface area (Å²) in [6, 6.07) is 3.75. The minimum atomic E-state index is -0.280. The van der Waals surface area contributed by atoms with Gasteiger partial charge in [0.2, 0.25) is 0 Å². The van der Waals surface area contributed by atoms with Crippen molar-refractivity contribution >= 4 is 12.1 Å². The standard InChI is InChI=1S/C20H32N4O5/c1-3-28-20(26)24-8-6-16(7-9-24)22-19(25)21-14-17(18-5-4-15(2)29-18)23-10-12-27-13-11-23/h4-5,16-17H,3,6-14H2,1-2H3,(H2,21,22,25). The van der Waals surface area contributed by atoms with Crippen molar-refractivity contribution in [2.24, 2.45) is 0 Å². The van der Waals surface area contributed by atoms with E-state index in [0.29, 0.717) is 39.5 Å². The Bertz CT molecular complexity index is 666. The molecule has 3 amide bonds. The first-order valence-corrected chi connectivity index (χ1v) is 10.4. The number of amides is 3. The van der Waals surface area contributed by atoms with Crippen molar-refractivity contribution in [3.05, 3.63) is 23.7 Å². The number of nitrogens with zero attached hydrogens (tertiary/aromatic N) is 2. The Morgan fingerprint density at radius 3 is 2.55 bits per heavy atom. The number of rotatable bonds is 6. The Balaban J connectivity index is 1.47. The molecule has 2 N–H and O–H groups in total. The number of hydrogen-bond acceptors (Lipinski definition) is 6. The molecule has 2 aliphatic heterocycles. The number of ether oxygens (including phenoxy) is 2. The quantitative estimate of drug-likeness (QED) is 0.746. The van der Waals surface area contributed by atoms with Crippen LogP contribution in [-0.4, -0.2) is 80.5 Å². The van der Waals surface area contributed by atoms with Crippen molar-refractivity contribution in [2.45, 2.75) is 38.8 Å². The molecule has 0 bridgehead atoms. The fourth-order valence-electron chi connectivity index (χ4n) is 3.78. The van der Waals surface area contributed by atoms with Gasteiger partial charge in [-0.3, -0.25) is 4.90 Å². The van der Waals surface area contributed by atoms with Crippen LogP contribution in [0.25, 0.3) is 0 Å². The third kappa shape index (κ3) is 6.11. The van der Waals surface area contributed by atoms with Crippen molar-refractivity contribution in [2.75, 3.05) is 52.5 Å². The molecule has 1 aromatic rings.